The Morgan fingerprint density at radius 1 is 1.29 bits per heavy atom. The van der Waals surface area contributed by atoms with Crippen LogP contribution in [0, 0.1) is 12.3 Å². The van der Waals surface area contributed by atoms with Gasteiger partial charge in [-0.15, -0.1) is 11.6 Å². The van der Waals surface area contributed by atoms with E-state index in [0.717, 1.165) is 36.5 Å². The summed E-state index contributed by atoms with van der Waals surface area (Å²) in [5.74, 6) is 1.75. The van der Waals surface area contributed by atoms with Gasteiger partial charge < -0.3 is 4.57 Å². The van der Waals surface area contributed by atoms with Gasteiger partial charge in [0.2, 0.25) is 0 Å². The van der Waals surface area contributed by atoms with Crippen molar-refractivity contribution in [2.45, 2.75) is 66.0 Å². The van der Waals surface area contributed by atoms with E-state index in [2.05, 4.69) is 35.1 Å². The van der Waals surface area contributed by atoms with Crippen molar-refractivity contribution in [3.8, 4) is 0 Å². The third-order valence-electron chi connectivity index (χ3n) is 5.15. The molecule has 4 nitrogen and oxygen atoms in total. The smallest absolute Gasteiger partial charge is 0.158 e. The van der Waals surface area contributed by atoms with Crippen LogP contribution in [0.1, 0.15) is 51.0 Å². The van der Waals surface area contributed by atoms with Crippen LogP contribution in [0.2, 0.25) is 0 Å². The molecule has 5 heteroatoms. The lowest BCUT2D eigenvalue weighted by Crippen LogP contribution is -2.34. The second kappa shape index (κ2) is 5.64. The summed E-state index contributed by atoms with van der Waals surface area (Å²) in [5.41, 5.74) is 3.74. The first-order valence-electron chi connectivity index (χ1n) is 8.12. The van der Waals surface area contributed by atoms with Gasteiger partial charge in [0.1, 0.15) is 11.3 Å². The van der Waals surface area contributed by atoms with Gasteiger partial charge in [0.15, 0.2) is 5.65 Å². The molecule has 0 amide bonds. The Hall–Kier alpha value is -1.03. The summed E-state index contributed by atoms with van der Waals surface area (Å²) in [5, 5.41) is 4.63. The fourth-order valence-electron chi connectivity index (χ4n) is 3.57. The van der Waals surface area contributed by atoms with Crippen LogP contribution < -0.4 is 0 Å². The first kappa shape index (κ1) is 14.9. The summed E-state index contributed by atoms with van der Waals surface area (Å²) >= 11 is 5.99. The Labute approximate surface area is 131 Å². The van der Waals surface area contributed by atoms with Crippen molar-refractivity contribution in [1.82, 2.24) is 19.3 Å². The fourth-order valence-corrected chi connectivity index (χ4v) is 3.74. The van der Waals surface area contributed by atoms with Crippen molar-refractivity contribution in [3.63, 3.8) is 0 Å². The van der Waals surface area contributed by atoms with Crippen LogP contribution in [-0.2, 0) is 19.5 Å². The second-order valence-electron chi connectivity index (χ2n) is 6.33. The van der Waals surface area contributed by atoms with E-state index < -0.39 is 0 Å². The molecule has 1 saturated carbocycles. The van der Waals surface area contributed by atoms with Crippen molar-refractivity contribution in [2.75, 3.05) is 5.88 Å². The number of rotatable bonds is 6. The van der Waals surface area contributed by atoms with Crippen LogP contribution >= 0.6 is 11.6 Å². The van der Waals surface area contributed by atoms with Crippen LogP contribution in [0.25, 0.3) is 11.2 Å². The van der Waals surface area contributed by atoms with Crippen LogP contribution in [0.5, 0.6) is 0 Å². The molecule has 0 radical (unpaired) electrons. The number of hydrogen-bond acceptors (Lipinski definition) is 2. The Bertz CT molecular complexity index is 631. The topological polar surface area (TPSA) is 35.6 Å². The molecule has 0 atom stereocenters. The highest BCUT2D eigenvalue weighted by Gasteiger charge is 2.36. The van der Waals surface area contributed by atoms with Gasteiger partial charge in [-0.25, -0.2) is 9.67 Å². The second-order valence-corrected chi connectivity index (χ2v) is 6.71. The normalized spacial score (nSPS) is 17.3. The maximum atomic E-state index is 5.99. The molecule has 1 aliphatic carbocycles. The van der Waals surface area contributed by atoms with Gasteiger partial charge in [0, 0.05) is 25.4 Å². The summed E-state index contributed by atoms with van der Waals surface area (Å²) in [6.45, 7) is 8.46. The number of fused-ring (bicyclic) bond motifs is 1. The molecular weight excluding hydrogens is 284 g/mol. The molecule has 2 heterocycles. The lowest BCUT2D eigenvalue weighted by Gasteiger charge is -2.42. The molecule has 0 unspecified atom stereocenters. The maximum absolute atomic E-state index is 5.99. The van der Waals surface area contributed by atoms with Crippen molar-refractivity contribution in [3.05, 3.63) is 11.5 Å². The van der Waals surface area contributed by atoms with Crippen LogP contribution in [0.4, 0.5) is 0 Å². The Balaban J connectivity index is 2.10. The molecule has 2 aromatic rings. The van der Waals surface area contributed by atoms with E-state index in [1.54, 1.807) is 0 Å². The van der Waals surface area contributed by atoms with E-state index in [1.807, 2.05) is 0 Å². The summed E-state index contributed by atoms with van der Waals surface area (Å²) in [4.78, 5) is 4.84. The van der Waals surface area contributed by atoms with Crippen molar-refractivity contribution < 1.29 is 0 Å². The van der Waals surface area contributed by atoms with Crippen LogP contribution in [0.3, 0.4) is 0 Å². The van der Waals surface area contributed by atoms with Gasteiger partial charge in [0.05, 0.1) is 5.69 Å². The van der Waals surface area contributed by atoms with E-state index >= 15 is 0 Å². The highest BCUT2D eigenvalue weighted by atomic mass is 35.5. The molecule has 0 aromatic carbocycles. The number of hydrogen-bond donors (Lipinski definition) is 0. The molecule has 0 saturated heterocycles. The molecule has 1 aliphatic rings. The molecule has 1 fully saturated rings. The van der Waals surface area contributed by atoms with Gasteiger partial charge in [-0.1, -0.05) is 13.3 Å². The summed E-state index contributed by atoms with van der Waals surface area (Å²) in [6, 6.07) is 0. The van der Waals surface area contributed by atoms with Gasteiger partial charge >= 0.3 is 0 Å². The molecule has 0 spiro atoms. The summed E-state index contributed by atoms with van der Waals surface area (Å²) < 4.78 is 4.50. The van der Waals surface area contributed by atoms with Crippen LogP contribution in [-0.4, -0.2) is 25.2 Å². The molecule has 116 valence electrons. The minimum absolute atomic E-state index is 0.464. The SMILES string of the molecule is CCn1nc(C)c2nc(CCCl)n(CC3(CC)CCC3)c21. The minimum Gasteiger partial charge on any atom is -0.312 e. The number of halogens is 1. The Kier molecular flexibility index (Phi) is 4.00. The van der Waals surface area contributed by atoms with Crippen LogP contribution in [0.15, 0.2) is 0 Å². The molecule has 0 N–H and O–H groups in total. The predicted octanol–water partition coefficient (Wildman–Crippen LogP) is 3.92. The lowest BCUT2D eigenvalue weighted by atomic mass is 9.67. The highest BCUT2D eigenvalue weighted by Crippen LogP contribution is 2.46. The van der Waals surface area contributed by atoms with Gasteiger partial charge in [0.25, 0.3) is 0 Å². The van der Waals surface area contributed by atoms with E-state index in [-0.39, 0.29) is 0 Å². The quantitative estimate of drug-likeness (QED) is 0.758. The van der Waals surface area contributed by atoms with Crippen molar-refractivity contribution in [2.24, 2.45) is 5.41 Å². The molecule has 3 rings (SSSR count). The monoisotopic (exact) mass is 308 g/mol. The maximum Gasteiger partial charge on any atom is 0.158 e. The number of aryl methyl sites for hydroxylation is 3. The minimum atomic E-state index is 0.464. The first-order valence-corrected chi connectivity index (χ1v) is 8.66. The predicted molar refractivity (Wildman–Crippen MR) is 86.9 cm³/mol. The molecule has 0 bridgehead atoms. The lowest BCUT2D eigenvalue weighted by molar-refractivity contribution is 0.100. The zero-order valence-corrected chi connectivity index (χ0v) is 14.1. The highest BCUT2D eigenvalue weighted by molar-refractivity contribution is 6.17. The van der Waals surface area contributed by atoms with Crippen molar-refractivity contribution in [1.29, 1.82) is 0 Å². The molecular formula is C16H25ClN4. The van der Waals surface area contributed by atoms with Gasteiger partial charge in [-0.3, -0.25) is 0 Å². The zero-order chi connectivity index (χ0) is 15.0. The third-order valence-corrected chi connectivity index (χ3v) is 5.34. The fraction of sp³-hybridized carbons (Fsp3) is 0.750. The van der Waals surface area contributed by atoms with E-state index in [9.17, 15) is 0 Å². The number of alkyl halides is 1. The van der Waals surface area contributed by atoms with Crippen molar-refractivity contribution >= 4 is 22.8 Å². The van der Waals surface area contributed by atoms with E-state index in [4.69, 9.17) is 16.6 Å². The zero-order valence-electron chi connectivity index (χ0n) is 13.3. The first-order chi connectivity index (χ1) is 10.1. The average molecular weight is 309 g/mol. The Morgan fingerprint density at radius 3 is 2.57 bits per heavy atom. The largest absolute Gasteiger partial charge is 0.312 e. The standard InChI is InChI=1S/C16H25ClN4/c1-4-16(8-6-9-16)11-20-13(7-10-17)18-14-12(3)19-21(5-2)15(14)20/h4-11H2,1-3H3. The van der Waals surface area contributed by atoms with Gasteiger partial charge in [-0.2, -0.15) is 5.10 Å². The van der Waals surface area contributed by atoms with Gasteiger partial charge in [-0.05, 0) is 38.5 Å². The number of nitrogens with zero attached hydrogens (tertiary/aromatic N) is 4. The molecule has 21 heavy (non-hydrogen) atoms. The van der Waals surface area contributed by atoms with E-state index in [1.165, 1.54) is 31.3 Å². The third kappa shape index (κ3) is 2.37. The molecule has 0 aliphatic heterocycles. The summed E-state index contributed by atoms with van der Waals surface area (Å²) in [7, 11) is 0. The number of aromatic nitrogens is 4. The molecule has 2 aromatic heterocycles. The van der Waals surface area contributed by atoms with E-state index in [0.29, 0.717) is 11.3 Å². The Morgan fingerprint density at radius 2 is 2.05 bits per heavy atom. The average Bonchev–Trinajstić information content (AvgIpc) is 2.93. The number of imidazole rings is 1. The summed E-state index contributed by atoms with van der Waals surface area (Å²) in [6.07, 6.45) is 6.11.